The normalized spacial score (nSPS) is 11.1. The van der Waals surface area contributed by atoms with Gasteiger partial charge in [-0.05, 0) is 49.2 Å². The van der Waals surface area contributed by atoms with E-state index in [2.05, 4.69) is 26.5 Å². The second kappa shape index (κ2) is 8.48. The first-order valence-electron chi connectivity index (χ1n) is 9.23. The van der Waals surface area contributed by atoms with Gasteiger partial charge in [0.1, 0.15) is 5.52 Å². The van der Waals surface area contributed by atoms with E-state index in [1.807, 2.05) is 50.2 Å². The van der Waals surface area contributed by atoms with Crippen LogP contribution in [0.15, 0.2) is 56.6 Å². The molecule has 1 amide bonds. The van der Waals surface area contributed by atoms with Crippen LogP contribution in [0.25, 0.3) is 11.1 Å². The maximum atomic E-state index is 12.2. The van der Waals surface area contributed by atoms with Crippen molar-refractivity contribution in [3.63, 3.8) is 0 Å². The molecule has 0 saturated carbocycles. The molecule has 0 fully saturated rings. The number of carbonyl (C=O) groups is 1. The summed E-state index contributed by atoms with van der Waals surface area (Å²) in [6, 6.07) is 13.6. The molecule has 7 nitrogen and oxygen atoms in total. The van der Waals surface area contributed by atoms with Crippen molar-refractivity contribution >= 4 is 34.5 Å². The van der Waals surface area contributed by atoms with Gasteiger partial charge in [0.05, 0.1) is 5.75 Å². The van der Waals surface area contributed by atoms with Crippen molar-refractivity contribution < 1.29 is 13.7 Å². The molecule has 0 bridgehead atoms. The fourth-order valence-corrected chi connectivity index (χ4v) is 3.66. The lowest BCUT2D eigenvalue weighted by Gasteiger charge is -2.06. The zero-order chi connectivity index (χ0) is 20.2. The van der Waals surface area contributed by atoms with Crippen LogP contribution < -0.4 is 5.32 Å². The molecule has 0 unspecified atom stereocenters. The number of para-hydroxylation sites is 2. The SMILES string of the molecule is Cc1cc(C)cc(NC(=O)CCc2nc(CSc3nc4ccccc4o3)no2)c1. The molecule has 1 N–H and O–H groups in total. The molecule has 8 heteroatoms. The van der Waals surface area contributed by atoms with Gasteiger partial charge in [-0.3, -0.25) is 4.79 Å². The Morgan fingerprint density at radius 3 is 2.69 bits per heavy atom. The van der Waals surface area contributed by atoms with Crippen LogP contribution in [0, 0.1) is 13.8 Å². The van der Waals surface area contributed by atoms with Crippen molar-refractivity contribution in [3.8, 4) is 0 Å². The van der Waals surface area contributed by atoms with Crippen LogP contribution in [-0.4, -0.2) is 21.0 Å². The monoisotopic (exact) mass is 408 g/mol. The molecule has 0 radical (unpaired) electrons. The van der Waals surface area contributed by atoms with Crippen molar-refractivity contribution in [1.29, 1.82) is 0 Å². The van der Waals surface area contributed by atoms with E-state index in [0.29, 0.717) is 29.1 Å². The van der Waals surface area contributed by atoms with E-state index in [-0.39, 0.29) is 12.3 Å². The molecule has 4 rings (SSSR count). The maximum absolute atomic E-state index is 12.2. The smallest absolute Gasteiger partial charge is 0.257 e. The number of nitrogens with one attached hydrogen (secondary N) is 1. The Kier molecular flexibility index (Phi) is 5.62. The molecule has 29 heavy (non-hydrogen) atoms. The molecule has 0 saturated heterocycles. The summed E-state index contributed by atoms with van der Waals surface area (Å²) in [6.07, 6.45) is 0.657. The summed E-state index contributed by atoms with van der Waals surface area (Å²) in [5.41, 5.74) is 4.59. The Labute approximate surface area is 171 Å². The molecule has 2 aromatic carbocycles. The third-order valence-corrected chi connectivity index (χ3v) is 5.00. The van der Waals surface area contributed by atoms with Crippen LogP contribution in [0.1, 0.15) is 29.3 Å². The van der Waals surface area contributed by atoms with Gasteiger partial charge in [0, 0.05) is 18.5 Å². The fourth-order valence-electron chi connectivity index (χ4n) is 2.98. The number of thioether (sulfide) groups is 1. The van der Waals surface area contributed by atoms with Gasteiger partial charge in [0.15, 0.2) is 11.4 Å². The lowest BCUT2D eigenvalue weighted by atomic mass is 10.1. The number of amides is 1. The Bertz CT molecular complexity index is 1100. The average molecular weight is 408 g/mol. The fraction of sp³-hybridized carbons (Fsp3) is 0.238. The highest BCUT2D eigenvalue weighted by Crippen LogP contribution is 2.25. The second-order valence-corrected chi connectivity index (χ2v) is 7.69. The highest BCUT2D eigenvalue weighted by molar-refractivity contribution is 7.98. The molecule has 0 spiro atoms. The van der Waals surface area contributed by atoms with E-state index in [4.69, 9.17) is 8.94 Å². The molecule has 0 aliphatic heterocycles. The Morgan fingerprint density at radius 2 is 1.90 bits per heavy atom. The molecule has 2 aromatic heterocycles. The number of hydrogen-bond acceptors (Lipinski definition) is 7. The number of rotatable bonds is 7. The molecule has 0 aliphatic carbocycles. The number of hydrogen-bond donors (Lipinski definition) is 1. The van der Waals surface area contributed by atoms with Gasteiger partial charge < -0.3 is 14.3 Å². The van der Waals surface area contributed by atoms with Gasteiger partial charge in [-0.25, -0.2) is 4.98 Å². The van der Waals surface area contributed by atoms with Crippen molar-refractivity contribution in [3.05, 3.63) is 65.3 Å². The number of nitrogens with zero attached hydrogens (tertiary/aromatic N) is 3. The number of aromatic nitrogens is 3. The first-order valence-corrected chi connectivity index (χ1v) is 10.2. The highest BCUT2D eigenvalue weighted by Gasteiger charge is 2.12. The number of fused-ring (bicyclic) bond motifs is 1. The minimum absolute atomic E-state index is 0.0874. The largest absolute Gasteiger partial charge is 0.431 e. The van der Waals surface area contributed by atoms with E-state index in [1.54, 1.807) is 0 Å². The van der Waals surface area contributed by atoms with Crippen molar-refractivity contribution in [2.24, 2.45) is 0 Å². The molecule has 148 valence electrons. The Hall–Kier alpha value is -3.13. The number of carbonyl (C=O) groups excluding carboxylic acids is 1. The van der Waals surface area contributed by atoms with E-state index in [1.165, 1.54) is 11.8 Å². The van der Waals surface area contributed by atoms with Gasteiger partial charge in [-0.1, -0.05) is 35.1 Å². The summed E-state index contributed by atoms with van der Waals surface area (Å²) in [4.78, 5) is 20.9. The maximum Gasteiger partial charge on any atom is 0.257 e. The van der Waals surface area contributed by atoms with Crippen LogP contribution >= 0.6 is 11.8 Å². The first kappa shape index (κ1) is 19.2. The van der Waals surface area contributed by atoms with Gasteiger partial charge >= 0.3 is 0 Å². The quantitative estimate of drug-likeness (QED) is 0.443. The van der Waals surface area contributed by atoms with Crippen molar-refractivity contribution in [1.82, 2.24) is 15.1 Å². The molecule has 4 aromatic rings. The van der Waals surface area contributed by atoms with Crippen molar-refractivity contribution in [2.45, 2.75) is 37.7 Å². The van der Waals surface area contributed by atoms with E-state index < -0.39 is 0 Å². The highest BCUT2D eigenvalue weighted by atomic mass is 32.2. The summed E-state index contributed by atoms with van der Waals surface area (Å²) in [6.45, 7) is 4.00. The minimum atomic E-state index is -0.0874. The average Bonchev–Trinajstić information content (AvgIpc) is 3.30. The Balaban J connectivity index is 1.28. The van der Waals surface area contributed by atoms with Crippen molar-refractivity contribution in [2.75, 3.05) is 5.32 Å². The summed E-state index contributed by atoms with van der Waals surface area (Å²) < 4.78 is 10.9. The molecular formula is C21H20N4O3S. The molecule has 0 aliphatic rings. The lowest BCUT2D eigenvalue weighted by molar-refractivity contribution is -0.116. The Morgan fingerprint density at radius 1 is 1.10 bits per heavy atom. The molecular weight excluding hydrogens is 388 g/mol. The second-order valence-electron chi connectivity index (χ2n) is 6.77. The standard InChI is InChI=1S/C21H20N4O3S/c1-13-9-14(2)11-15(10-13)22-19(26)7-8-20-24-18(25-28-20)12-29-21-23-16-5-3-4-6-17(16)27-21/h3-6,9-11H,7-8,12H2,1-2H3,(H,22,26). The van der Waals surface area contributed by atoms with E-state index in [0.717, 1.165) is 27.9 Å². The molecule has 0 atom stereocenters. The third kappa shape index (κ3) is 5.03. The zero-order valence-corrected chi connectivity index (χ0v) is 17.0. The van der Waals surface area contributed by atoms with Gasteiger partial charge in [-0.2, -0.15) is 4.98 Å². The number of oxazole rings is 1. The number of benzene rings is 2. The van der Waals surface area contributed by atoms with E-state index in [9.17, 15) is 4.79 Å². The van der Waals surface area contributed by atoms with Crippen LogP contribution in [0.4, 0.5) is 5.69 Å². The summed E-state index contributed by atoms with van der Waals surface area (Å²) in [7, 11) is 0. The van der Waals surface area contributed by atoms with Crippen LogP contribution in [0.3, 0.4) is 0 Å². The topological polar surface area (TPSA) is 94.1 Å². The number of aryl methyl sites for hydroxylation is 3. The predicted octanol–water partition coefficient (Wildman–Crippen LogP) is 4.69. The zero-order valence-electron chi connectivity index (χ0n) is 16.1. The van der Waals surface area contributed by atoms with Gasteiger partial charge in [0.2, 0.25) is 11.8 Å². The predicted molar refractivity (Wildman–Crippen MR) is 111 cm³/mol. The summed E-state index contributed by atoms with van der Waals surface area (Å²) in [5.74, 6) is 1.37. The summed E-state index contributed by atoms with van der Waals surface area (Å²) in [5, 5.41) is 7.43. The third-order valence-electron chi connectivity index (χ3n) is 4.18. The first-order chi connectivity index (χ1) is 14.0. The van der Waals surface area contributed by atoms with Gasteiger partial charge in [0.25, 0.3) is 5.22 Å². The minimum Gasteiger partial charge on any atom is -0.431 e. The molecule has 2 heterocycles. The number of anilines is 1. The lowest BCUT2D eigenvalue weighted by Crippen LogP contribution is -2.12. The summed E-state index contributed by atoms with van der Waals surface area (Å²) >= 11 is 1.40. The van der Waals surface area contributed by atoms with Crippen LogP contribution in [0.5, 0.6) is 0 Å². The van der Waals surface area contributed by atoms with E-state index >= 15 is 0 Å². The van der Waals surface area contributed by atoms with Crippen LogP contribution in [0.2, 0.25) is 0 Å². The van der Waals surface area contributed by atoms with Gasteiger partial charge in [-0.15, -0.1) is 0 Å². The van der Waals surface area contributed by atoms with Crippen LogP contribution in [-0.2, 0) is 17.0 Å².